The molecule has 136 valence electrons. The van der Waals surface area contributed by atoms with Crippen LogP contribution in [0.5, 0.6) is 0 Å². The van der Waals surface area contributed by atoms with Crippen molar-refractivity contribution in [2.75, 3.05) is 11.5 Å². The third-order valence-corrected chi connectivity index (χ3v) is 5.73. The molecule has 1 aromatic heterocycles. The van der Waals surface area contributed by atoms with Crippen LogP contribution in [0.15, 0.2) is 45.9 Å². The summed E-state index contributed by atoms with van der Waals surface area (Å²) in [5.41, 5.74) is 2.96. The minimum atomic E-state index is -3.13. The number of nitrogens with zero attached hydrogens (tertiary/aromatic N) is 2. The van der Waals surface area contributed by atoms with Crippen molar-refractivity contribution >= 4 is 27.6 Å². The number of amides is 1. The number of nitro groups is 1. The maximum atomic E-state index is 11.9. The van der Waals surface area contributed by atoms with Gasteiger partial charge in [-0.05, 0) is 30.7 Å². The summed E-state index contributed by atoms with van der Waals surface area (Å²) >= 11 is 0. The van der Waals surface area contributed by atoms with Crippen LogP contribution in [0.3, 0.4) is 0 Å². The van der Waals surface area contributed by atoms with E-state index in [1.165, 1.54) is 18.3 Å². The van der Waals surface area contributed by atoms with Crippen LogP contribution in [-0.4, -0.2) is 37.0 Å². The summed E-state index contributed by atoms with van der Waals surface area (Å²) in [4.78, 5) is 22.0. The van der Waals surface area contributed by atoms with Crippen molar-refractivity contribution in [3.63, 3.8) is 0 Å². The van der Waals surface area contributed by atoms with Gasteiger partial charge in [0.1, 0.15) is 11.5 Å². The fraction of sp³-hybridized carbons (Fsp3) is 0.250. The van der Waals surface area contributed by atoms with E-state index in [-0.39, 0.29) is 17.2 Å². The van der Waals surface area contributed by atoms with E-state index < -0.39 is 26.6 Å². The average Bonchev–Trinajstić information content (AvgIpc) is 3.21. The van der Waals surface area contributed by atoms with Gasteiger partial charge >= 0.3 is 0 Å². The molecule has 0 saturated carbocycles. The summed E-state index contributed by atoms with van der Waals surface area (Å²) in [6.07, 6.45) is 1.60. The second-order valence-corrected chi connectivity index (χ2v) is 8.07. The van der Waals surface area contributed by atoms with Crippen molar-refractivity contribution in [3.8, 4) is 11.3 Å². The summed E-state index contributed by atoms with van der Waals surface area (Å²) in [5.74, 6) is -0.286. The third-order valence-electron chi connectivity index (χ3n) is 3.96. The highest BCUT2D eigenvalue weighted by Gasteiger charge is 2.32. The molecule has 1 N–H and O–H groups in total. The summed E-state index contributed by atoms with van der Waals surface area (Å²) < 4.78 is 28.3. The Labute approximate surface area is 148 Å². The predicted molar refractivity (Wildman–Crippen MR) is 93.3 cm³/mol. The monoisotopic (exact) mass is 377 g/mol. The van der Waals surface area contributed by atoms with Gasteiger partial charge in [0.15, 0.2) is 9.84 Å². The Balaban J connectivity index is 1.60. The number of hydrazone groups is 1. The Morgan fingerprint density at radius 2 is 2.00 bits per heavy atom. The van der Waals surface area contributed by atoms with E-state index in [0.717, 1.165) is 0 Å². The molecule has 0 unspecified atom stereocenters. The van der Waals surface area contributed by atoms with Gasteiger partial charge in [-0.15, -0.1) is 0 Å². The van der Waals surface area contributed by atoms with Crippen molar-refractivity contribution in [1.29, 1.82) is 0 Å². The summed E-state index contributed by atoms with van der Waals surface area (Å²) in [6.45, 7) is 0. The van der Waals surface area contributed by atoms with E-state index in [0.29, 0.717) is 23.5 Å². The van der Waals surface area contributed by atoms with Crippen molar-refractivity contribution in [2.24, 2.45) is 11.0 Å². The number of carbonyl (C=O) groups excluding carboxylic acids is 1. The van der Waals surface area contributed by atoms with Crippen molar-refractivity contribution in [1.82, 2.24) is 5.43 Å². The topological polar surface area (TPSA) is 132 Å². The van der Waals surface area contributed by atoms with E-state index in [1.807, 2.05) is 0 Å². The third kappa shape index (κ3) is 4.14. The molecule has 2 heterocycles. The van der Waals surface area contributed by atoms with Gasteiger partial charge in [-0.1, -0.05) is 0 Å². The highest BCUT2D eigenvalue weighted by atomic mass is 32.2. The molecule has 0 spiro atoms. The van der Waals surface area contributed by atoms with Gasteiger partial charge in [-0.25, -0.2) is 13.8 Å². The van der Waals surface area contributed by atoms with Gasteiger partial charge in [0, 0.05) is 17.7 Å². The fourth-order valence-corrected chi connectivity index (χ4v) is 4.32. The number of furan rings is 1. The number of hydrogen-bond acceptors (Lipinski definition) is 7. The Morgan fingerprint density at radius 1 is 1.27 bits per heavy atom. The van der Waals surface area contributed by atoms with Gasteiger partial charge in [0.2, 0.25) is 5.91 Å². The van der Waals surface area contributed by atoms with Crippen LogP contribution >= 0.6 is 0 Å². The molecule has 1 aliphatic heterocycles. The Kier molecular flexibility index (Phi) is 4.85. The second kappa shape index (κ2) is 7.08. The number of nitrogens with one attached hydrogen (secondary N) is 1. The molecule has 2 aromatic rings. The van der Waals surface area contributed by atoms with Gasteiger partial charge in [-0.2, -0.15) is 5.10 Å². The lowest BCUT2D eigenvalue weighted by Crippen LogP contribution is -2.27. The lowest BCUT2D eigenvalue weighted by atomic mass is 10.1. The second-order valence-electron chi connectivity index (χ2n) is 5.84. The molecular weight excluding hydrogens is 362 g/mol. The molecule has 0 bridgehead atoms. The number of hydrogen-bond donors (Lipinski definition) is 1. The molecule has 1 fully saturated rings. The van der Waals surface area contributed by atoms with E-state index in [1.54, 1.807) is 24.3 Å². The predicted octanol–water partition coefficient (Wildman–Crippen LogP) is 1.74. The largest absolute Gasteiger partial charge is 0.455 e. The van der Waals surface area contributed by atoms with Crippen LogP contribution in [0.1, 0.15) is 12.2 Å². The Morgan fingerprint density at radius 3 is 2.62 bits per heavy atom. The molecule has 1 atom stereocenters. The van der Waals surface area contributed by atoms with E-state index in [9.17, 15) is 23.3 Å². The molecule has 9 nitrogen and oxygen atoms in total. The molecule has 1 saturated heterocycles. The molecule has 3 rings (SSSR count). The van der Waals surface area contributed by atoms with Crippen molar-refractivity contribution in [3.05, 3.63) is 52.3 Å². The first-order valence-corrected chi connectivity index (χ1v) is 9.54. The maximum Gasteiger partial charge on any atom is 0.269 e. The van der Waals surface area contributed by atoms with Crippen LogP contribution in [0.4, 0.5) is 5.69 Å². The molecule has 10 heteroatoms. The number of carbonyl (C=O) groups is 1. The zero-order chi connectivity index (χ0) is 18.7. The highest BCUT2D eigenvalue weighted by molar-refractivity contribution is 7.91. The number of nitro benzene ring substituents is 1. The number of non-ortho nitro benzene ring substituents is 1. The van der Waals surface area contributed by atoms with E-state index in [4.69, 9.17) is 4.42 Å². The minimum absolute atomic E-state index is 0.0151. The van der Waals surface area contributed by atoms with Gasteiger partial charge in [0.05, 0.1) is 28.6 Å². The number of benzene rings is 1. The van der Waals surface area contributed by atoms with Gasteiger partial charge in [0.25, 0.3) is 5.69 Å². The van der Waals surface area contributed by atoms with Gasteiger partial charge < -0.3 is 4.42 Å². The SMILES string of the molecule is O=C(N/N=C\c1ccc(-c2ccc([N+](=O)[O-])cc2)o1)[C@H]1CCS(=O)(=O)C1. The van der Waals surface area contributed by atoms with Crippen LogP contribution in [0, 0.1) is 16.0 Å². The molecule has 1 aromatic carbocycles. The first kappa shape index (κ1) is 17.8. The molecule has 0 aliphatic carbocycles. The average molecular weight is 377 g/mol. The minimum Gasteiger partial charge on any atom is -0.455 e. The van der Waals surface area contributed by atoms with Crippen LogP contribution in [-0.2, 0) is 14.6 Å². The highest BCUT2D eigenvalue weighted by Crippen LogP contribution is 2.24. The molecule has 1 amide bonds. The normalized spacial score (nSPS) is 18.8. The standard InChI is InChI=1S/C16H15N3O6S/c20-16(12-7-8-26(23,24)10-12)18-17-9-14-5-6-15(25-14)11-1-3-13(4-2-11)19(21)22/h1-6,9,12H,7-8,10H2,(H,18,20)/b17-9-/t12-/m0/s1. The van der Waals surface area contributed by atoms with Crippen LogP contribution in [0.25, 0.3) is 11.3 Å². The molecule has 0 radical (unpaired) electrons. The lowest BCUT2D eigenvalue weighted by Gasteiger charge is -2.04. The van der Waals surface area contributed by atoms with E-state index >= 15 is 0 Å². The molecular formula is C16H15N3O6S. The zero-order valence-electron chi connectivity index (χ0n) is 13.5. The van der Waals surface area contributed by atoms with Crippen LogP contribution in [0.2, 0.25) is 0 Å². The van der Waals surface area contributed by atoms with Crippen molar-refractivity contribution in [2.45, 2.75) is 6.42 Å². The van der Waals surface area contributed by atoms with E-state index in [2.05, 4.69) is 10.5 Å². The first-order chi connectivity index (χ1) is 12.3. The summed E-state index contributed by atoms with van der Waals surface area (Å²) in [6, 6.07) is 9.20. The maximum absolute atomic E-state index is 11.9. The van der Waals surface area contributed by atoms with Crippen LogP contribution < -0.4 is 5.43 Å². The molecule has 1 aliphatic rings. The van der Waals surface area contributed by atoms with Crippen molar-refractivity contribution < 1.29 is 22.6 Å². The smallest absolute Gasteiger partial charge is 0.269 e. The quantitative estimate of drug-likeness (QED) is 0.479. The zero-order valence-corrected chi connectivity index (χ0v) is 14.3. The van der Waals surface area contributed by atoms with Gasteiger partial charge in [-0.3, -0.25) is 14.9 Å². The first-order valence-electron chi connectivity index (χ1n) is 7.72. The molecule has 26 heavy (non-hydrogen) atoms. The fourth-order valence-electron chi connectivity index (χ4n) is 2.58. The lowest BCUT2D eigenvalue weighted by molar-refractivity contribution is -0.384. The number of rotatable bonds is 5. The number of sulfone groups is 1. The summed E-state index contributed by atoms with van der Waals surface area (Å²) in [7, 11) is -3.13. The summed E-state index contributed by atoms with van der Waals surface area (Å²) in [5, 5.41) is 14.4. The Hall–Kier alpha value is -3.01. The Bertz CT molecular complexity index is 962.